The van der Waals surface area contributed by atoms with Crippen LogP contribution in [-0.4, -0.2) is 43.5 Å². The Balaban J connectivity index is 2.26. The van der Waals surface area contributed by atoms with Crippen molar-refractivity contribution in [1.29, 1.82) is 0 Å². The van der Waals surface area contributed by atoms with Gasteiger partial charge in [-0.1, -0.05) is 6.92 Å². The number of unbranched alkanes of at least 4 members (excludes halogenated alkanes) is 1. The van der Waals surface area contributed by atoms with Crippen molar-refractivity contribution >= 4 is 5.78 Å². The van der Waals surface area contributed by atoms with Crippen LogP contribution in [0.1, 0.15) is 33.1 Å². The molecule has 0 bridgehead atoms. The van der Waals surface area contributed by atoms with E-state index in [0.717, 1.165) is 32.5 Å². The van der Waals surface area contributed by atoms with Gasteiger partial charge in [0.2, 0.25) is 0 Å². The van der Waals surface area contributed by atoms with Gasteiger partial charge in [-0.2, -0.15) is 0 Å². The monoisotopic (exact) mass is 213 g/mol. The molecule has 0 aliphatic carbocycles. The Morgan fingerprint density at radius 1 is 1.40 bits per heavy atom. The van der Waals surface area contributed by atoms with Crippen LogP contribution in [0.4, 0.5) is 0 Å². The third-order valence-electron chi connectivity index (χ3n) is 3.50. The van der Waals surface area contributed by atoms with Gasteiger partial charge in [-0.25, -0.2) is 0 Å². The van der Waals surface area contributed by atoms with Gasteiger partial charge in [-0.3, -0.25) is 9.69 Å². The lowest BCUT2D eigenvalue weighted by Crippen LogP contribution is -2.47. The van der Waals surface area contributed by atoms with E-state index in [-0.39, 0.29) is 5.92 Å². The number of piperidine rings is 1. The van der Waals surface area contributed by atoms with E-state index in [1.165, 1.54) is 6.42 Å². The summed E-state index contributed by atoms with van der Waals surface area (Å²) in [6.07, 6.45) is 3.01. The molecule has 2 atom stereocenters. The molecule has 0 N–H and O–H groups in total. The molecular formula is C12H23NO2. The molecule has 0 saturated carbocycles. The maximum absolute atomic E-state index is 11.5. The topological polar surface area (TPSA) is 29.5 Å². The number of ketones is 1. The van der Waals surface area contributed by atoms with Crippen molar-refractivity contribution in [3.8, 4) is 0 Å². The standard InChI is InChI=1S/C12H23NO2/c1-10-11(2)13(8-6-12(10)14)7-4-5-9-15-3/h10-11H,4-9H2,1-3H3. The fourth-order valence-electron chi connectivity index (χ4n) is 2.15. The average molecular weight is 213 g/mol. The quantitative estimate of drug-likeness (QED) is 0.651. The predicted molar refractivity (Wildman–Crippen MR) is 60.9 cm³/mol. The Morgan fingerprint density at radius 2 is 2.13 bits per heavy atom. The van der Waals surface area contributed by atoms with Crippen LogP contribution in [0.15, 0.2) is 0 Å². The molecule has 3 nitrogen and oxygen atoms in total. The highest BCUT2D eigenvalue weighted by molar-refractivity contribution is 5.82. The third-order valence-corrected chi connectivity index (χ3v) is 3.50. The zero-order valence-electron chi connectivity index (χ0n) is 10.2. The molecule has 0 radical (unpaired) electrons. The fourth-order valence-corrected chi connectivity index (χ4v) is 2.15. The van der Waals surface area contributed by atoms with Crippen LogP contribution in [0, 0.1) is 5.92 Å². The molecule has 2 unspecified atom stereocenters. The number of nitrogens with zero attached hydrogens (tertiary/aromatic N) is 1. The maximum atomic E-state index is 11.5. The Labute approximate surface area is 92.8 Å². The third kappa shape index (κ3) is 3.58. The molecule has 88 valence electrons. The van der Waals surface area contributed by atoms with Crippen LogP contribution in [0.2, 0.25) is 0 Å². The summed E-state index contributed by atoms with van der Waals surface area (Å²) in [4.78, 5) is 13.9. The lowest BCUT2D eigenvalue weighted by Gasteiger charge is -2.36. The van der Waals surface area contributed by atoms with E-state index < -0.39 is 0 Å². The number of methoxy groups -OCH3 is 1. The van der Waals surface area contributed by atoms with Crippen LogP contribution in [0.3, 0.4) is 0 Å². The highest BCUT2D eigenvalue weighted by Crippen LogP contribution is 2.20. The molecule has 0 aromatic carbocycles. The SMILES string of the molecule is COCCCCN1CCC(=O)C(C)C1C. The van der Waals surface area contributed by atoms with Crippen LogP contribution in [-0.2, 0) is 9.53 Å². The van der Waals surface area contributed by atoms with Gasteiger partial charge in [-0.15, -0.1) is 0 Å². The molecule has 1 rings (SSSR count). The van der Waals surface area contributed by atoms with Crippen molar-refractivity contribution in [3.05, 3.63) is 0 Å². The molecule has 3 heteroatoms. The Kier molecular flexibility index (Phi) is 5.26. The lowest BCUT2D eigenvalue weighted by molar-refractivity contribution is -0.127. The summed E-state index contributed by atoms with van der Waals surface area (Å²) < 4.78 is 5.02. The first kappa shape index (κ1) is 12.7. The van der Waals surface area contributed by atoms with Crippen LogP contribution in [0.25, 0.3) is 0 Å². The molecule has 1 fully saturated rings. The van der Waals surface area contributed by atoms with E-state index in [2.05, 4.69) is 11.8 Å². The summed E-state index contributed by atoms with van der Waals surface area (Å²) in [5.74, 6) is 0.636. The van der Waals surface area contributed by atoms with Gasteiger partial charge in [-0.05, 0) is 26.3 Å². The first-order valence-corrected chi connectivity index (χ1v) is 5.92. The zero-order chi connectivity index (χ0) is 11.3. The number of hydrogen-bond donors (Lipinski definition) is 0. The first-order chi connectivity index (χ1) is 7.16. The molecule has 0 spiro atoms. The van der Waals surface area contributed by atoms with Gasteiger partial charge in [0.25, 0.3) is 0 Å². The van der Waals surface area contributed by atoms with Crippen LogP contribution < -0.4 is 0 Å². The summed E-state index contributed by atoms with van der Waals surface area (Å²) in [6, 6.07) is 0.411. The molecule has 1 aliphatic heterocycles. The molecule has 1 aliphatic rings. The largest absolute Gasteiger partial charge is 0.385 e. The van der Waals surface area contributed by atoms with Crippen LogP contribution >= 0.6 is 0 Å². The second kappa shape index (κ2) is 6.23. The number of hydrogen-bond acceptors (Lipinski definition) is 3. The number of ether oxygens (including phenoxy) is 1. The molecular weight excluding hydrogens is 190 g/mol. The van der Waals surface area contributed by atoms with Crippen molar-refractivity contribution in [2.75, 3.05) is 26.8 Å². The van der Waals surface area contributed by atoms with Crippen molar-refractivity contribution in [2.24, 2.45) is 5.92 Å². The Hall–Kier alpha value is -0.410. The summed E-state index contributed by atoms with van der Waals surface area (Å²) in [5.41, 5.74) is 0. The summed E-state index contributed by atoms with van der Waals surface area (Å²) >= 11 is 0. The minimum absolute atomic E-state index is 0.209. The van der Waals surface area contributed by atoms with Crippen molar-refractivity contribution in [2.45, 2.75) is 39.2 Å². The minimum Gasteiger partial charge on any atom is -0.385 e. The van der Waals surface area contributed by atoms with Crippen molar-refractivity contribution < 1.29 is 9.53 Å². The molecule has 1 saturated heterocycles. The average Bonchev–Trinajstić information content (AvgIpc) is 2.24. The van der Waals surface area contributed by atoms with Gasteiger partial charge in [0.1, 0.15) is 5.78 Å². The van der Waals surface area contributed by atoms with Crippen molar-refractivity contribution in [1.82, 2.24) is 4.90 Å². The zero-order valence-corrected chi connectivity index (χ0v) is 10.2. The number of carbonyl (C=O) groups excluding carboxylic acids is 1. The minimum atomic E-state index is 0.209. The number of carbonyl (C=O) groups is 1. The normalized spacial score (nSPS) is 28.3. The smallest absolute Gasteiger partial charge is 0.138 e. The van der Waals surface area contributed by atoms with Gasteiger partial charge in [0.05, 0.1) is 0 Å². The fraction of sp³-hybridized carbons (Fsp3) is 0.917. The highest BCUT2D eigenvalue weighted by atomic mass is 16.5. The van der Waals surface area contributed by atoms with Gasteiger partial charge in [0.15, 0.2) is 0 Å². The molecule has 0 aromatic rings. The molecule has 0 amide bonds. The molecule has 0 aromatic heterocycles. The first-order valence-electron chi connectivity index (χ1n) is 5.92. The summed E-state index contributed by atoms with van der Waals surface area (Å²) in [6.45, 7) is 7.10. The van der Waals surface area contributed by atoms with E-state index in [0.29, 0.717) is 11.8 Å². The van der Waals surface area contributed by atoms with Gasteiger partial charge < -0.3 is 4.74 Å². The predicted octanol–water partition coefficient (Wildman–Crippen LogP) is 1.71. The Bertz CT molecular complexity index is 206. The van der Waals surface area contributed by atoms with Crippen molar-refractivity contribution in [3.63, 3.8) is 0 Å². The second-order valence-corrected chi connectivity index (χ2v) is 4.48. The highest BCUT2D eigenvalue weighted by Gasteiger charge is 2.29. The van der Waals surface area contributed by atoms with E-state index in [1.807, 2.05) is 6.92 Å². The number of rotatable bonds is 5. The molecule has 15 heavy (non-hydrogen) atoms. The van der Waals surface area contributed by atoms with Gasteiger partial charge in [0, 0.05) is 38.6 Å². The van der Waals surface area contributed by atoms with E-state index in [9.17, 15) is 4.79 Å². The second-order valence-electron chi connectivity index (χ2n) is 4.48. The number of Topliss-reactive ketones (excluding diaryl/α,β-unsaturated/α-hetero) is 1. The van der Waals surface area contributed by atoms with Crippen LogP contribution in [0.5, 0.6) is 0 Å². The summed E-state index contributed by atoms with van der Waals surface area (Å²) in [7, 11) is 1.74. The Morgan fingerprint density at radius 3 is 2.80 bits per heavy atom. The molecule has 1 heterocycles. The van der Waals surface area contributed by atoms with E-state index >= 15 is 0 Å². The summed E-state index contributed by atoms with van der Waals surface area (Å²) in [5, 5.41) is 0. The number of likely N-dealkylation sites (tertiary alicyclic amines) is 1. The van der Waals surface area contributed by atoms with E-state index in [1.54, 1.807) is 7.11 Å². The maximum Gasteiger partial charge on any atom is 0.138 e. The van der Waals surface area contributed by atoms with Gasteiger partial charge >= 0.3 is 0 Å². The lowest BCUT2D eigenvalue weighted by atomic mass is 9.90. The van der Waals surface area contributed by atoms with E-state index in [4.69, 9.17) is 4.74 Å².